The molecule has 1 amide bonds. The third kappa shape index (κ3) is 5.68. The van der Waals surface area contributed by atoms with Gasteiger partial charge in [-0.25, -0.2) is 9.97 Å². The fourth-order valence-corrected chi connectivity index (χ4v) is 3.09. The molecule has 0 bridgehead atoms. The summed E-state index contributed by atoms with van der Waals surface area (Å²) in [6.07, 6.45) is 1.72. The zero-order valence-corrected chi connectivity index (χ0v) is 18.9. The van der Waals surface area contributed by atoms with Gasteiger partial charge in [0.05, 0.1) is 19.8 Å². The van der Waals surface area contributed by atoms with Crippen LogP contribution in [0, 0.1) is 6.92 Å². The van der Waals surface area contributed by atoms with Crippen LogP contribution in [0.15, 0.2) is 18.3 Å². The Balaban J connectivity index is 2.13. The Morgan fingerprint density at radius 2 is 2.06 bits per heavy atom. The maximum Gasteiger partial charge on any atom is 0.274 e. The number of hydrogen-bond acceptors (Lipinski definition) is 9. The summed E-state index contributed by atoms with van der Waals surface area (Å²) in [5.74, 6) is 1.19. The highest BCUT2D eigenvalue weighted by molar-refractivity contribution is 6.06. The summed E-state index contributed by atoms with van der Waals surface area (Å²) in [5.41, 5.74) is 2.33. The molecule has 0 unspecified atom stereocenters. The number of fused-ring (bicyclic) bond motifs is 1. The number of nitrogens with one attached hydrogen (secondary N) is 3. The smallest absolute Gasteiger partial charge is 0.274 e. The molecule has 3 N–H and O–H groups in total. The number of carbonyl (C=O) groups is 1. The number of pyridine rings is 1. The van der Waals surface area contributed by atoms with Crippen molar-refractivity contribution in [1.82, 2.24) is 30.0 Å². The molecular formula is C21H30N8O3. The molecule has 0 aliphatic heterocycles. The van der Waals surface area contributed by atoms with Gasteiger partial charge in [-0.05, 0) is 38.5 Å². The van der Waals surface area contributed by atoms with Crippen LogP contribution in [0.2, 0.25) is 0 Å². The number of hydrogen-bond donors (Lipinski definition) is 3. The van der Waals surface area contributed by atoms with Gasteiger partial charge in [0.25, 0.3) is 5.91 Å². The molecular weight excluding hydrogens is 412 g/mol. The molecule has 0 radical (unpaired) electrons. The first-order chi connectivity index (χ1) is 15.6. The summed E-state index contributed by atoms with van der Waals surface area (Å²) >= 11 is 0. The quantitative estimate of drug-likeness (QED) is 0.361. The van der Waals surface area contributed by atoms with Crippen molar-refractivity contribution in [1.29, 1.82) is 0 Å². The standard InChI is InChI=1S/C21H30N8O3/c1-5-22-20(30)17-16-18(29(28-17)10-12-32-6-2)19(25-15-13-14(3)7-8-23-15)27-21(26-16)24-9-11-31-4/h7-8,13H,5-6,9-12H2,1-4H3,(H,22,30)(H2,23,24,25,26,27). The molecule has 172 valence electrons. The molecule has 32 heavy (non-hydrogen) atoms. The van der Waals surface area contributed by atoms with E-state index in [4.69, 9.17) is 9.47 Å². The second kappa shape index (κ2) is 11.3. The van der Waals surface area contributed by atoms with Gasteiger partial charge in [0.1, 0.15) is 16.9 Å². The first-order valence-corrected chi connectivity index (χ1v) is 10.6. The normalized spacial score (nSPS) is 11.0. The molecule has 0 saturated carbocycles. The van der Waals surface area contributed by atoms with Crippen LogP contribution >= 0.6 is 0 Å². The average molecular weight is 443 g/mol. The van der Waals surface area contributed by atoms with E-state index in [-0.39, 0.29) is 11.6 Å². The predicted octanol–water partition coefficient (Wildman–Crippen LogP) is 2.12. The summed E-state index contributed by atoms with van der Waals surface area (Å²) in [4.78, 5) is 26.4. The van der Waals surface area contributed by atoms with E-state index in [2.05, 4.69) is 36.0 Å². The zero-order valence-electron chi connectivity index (χ0n) is 18.9. The van der Waals surface area contributed by atoms with Crippen LogP contribution in [0.25, 0.3) is 11.0 Å². The van der Waals surface area contributed by atoms with Crippen LogP contribution in [-0.4, -0.2) is 70.7 Å². The molecule has 0 spiro atoms. The van der Waals surface area contributed by atoms with E-state index in [1.54, 1.807) is 18.0 Å². The molecule has 3 aromatic heterocycles. The number of amides is 1. The van der Waals surface area contributed by atoms with Crippen molar-refractivity contribution in [3.05, 3.63) is 29.6 Å². The second-order valence-electron chi connectivity index (χ2n) is 6.98. The summed E-state index contributed by atoms with van der Waals surface area (Å²) in [6.45, 7) is 8.73. The van der Waals surface area contributed by atoms with E-state index in [0.717, 1.165) is 5.56 Å². The number of aromatic nitrogens is 5. The van der Waals surface area contributed by atoms with Gasteiger partial charge in [-0.3, -0.25) is 9.48 Å². The van der Waals surface area contributed by atoms with Gasteiger partial charge in [0, 0.05) is 33.0 Å². The lowest BCUT2D eigenvalue weighted by atomic mass is 10.3. The van der Waals surface area contributed by atoms with Crippen molar-refractivity contribution in [2.24, 2.45) is 0 Å². The summed E-state index contributed by atoms with van der Waals surface area (Å²) in [5, 5.41) is 13.8. The van der Waals surface area contributed by atoms with Crippen molar-refractivity contribution in [2.75, 3.05) is 50.7 Å². The number of aryl methyl sites for hydroxylation is 1. The number of anilines is 3. The molecule has 0 aliphatic carbocycles. The minimum absolute atomic E-state index is 0.232. The maximum absolute atomic E-state index is 12.7. The minimum atomic E-state index is -0.297. The van der Waals surface area contributed by atoms with Crippen LogP contribution < -0.4 is 16.0 Å². The Hall–Kier alpha value is -3.31. The number of ether oxygens (including phenoxy) is 2. The first-order valence-electron chi connectivity index (χ1n) is 10.6. The van der Waals surface area contributed by atoms with Crippen LogP contribution in [0.1, 0.15) is 29.9 Å². The number of rotatable bonds is 12. The molecule has 0 saturated heterocycles. The highest BCUT2D eigenvalue weighted by atomic mass is 16.5. The summed E-state index contributed by atoms with van der Waals surface area (Å²) in [6, 6.07) is 3.83. The van der Waals surface area contributed by atoms with Crippen LogP contribution in [-0.2, 0) is 16.0 Å². The number of methoxy groups -OCH3 is 1. The average Bonchev–Trinajstić information content (AvgIpc) is 3.13. The molecule has 11 heteroatoms. The Kier molecular flexibility index (Phi) is 8.28. The Labute approximate surface area is 186 Å². The molecule has 0 atom stereocenters. The third-order valence-corrected chi connectivity index (χ3v) is 4.54. The maximum atomic E-state index is 12.7. The van der Waals surface area contributed by atoms with Crippen molar-refractivity contribution >= 4 is 34.5 Å². The molecule has 0 fully saturated rings. The Morgan fingerprint density at radius 1 is 1.22 bits per heavy atom. The topological polar surface area (TPSA) is 128 Å². The van der Waals surface area contributed by atoms with E-state index in [1.165, 1.54) is 0 Å². The predicted molar refractivity (Wildman–Crippen MR) is 122 cm³/mol. The molecule has 0 aromatic carbocycles. The molecule has 3 aromatic rings. The lowest BCUT2D eigenvalue weighted by Crippen LogP contribution is -2.24. The van der Waals surface area contributed by atoms with E-state index in [9.17, 15) is 4.79 Å². The van der Waals surface area contributed by atoms with Gasteiger partial charge in [-0.1, -0.05) is 0 Å². The van der Waals surface area contributed by atoms with Crippen LogP contribution in [0.4, 0.5) is 17.6 Å². The summed E-state index contributed by atoms with van der Waals surface area (Å²) in [7, 11) is 1.62. The van der Waals surface area contributed by atoms with Crippen molar-refractivity contribution in [3.63, 3.8) is 0 Å². The lowest BCUT2D eigenvalue weighted by Gasteiger charge is -2.12. The van der Waals surface area contributed by atoms with Crippen molar-refractivity contribution < 1.29 is 14.3 Å². The fourth-order valence-electron chi connectivity index (χ4n) is 3.09. The van der Waals surface area contributed by atoms with E-state index in [0.29, 0.717) is 68.1 Å². The number of nitrogens with zero attached hydrogens (tertiary/aromatic N) is 5. The number of carbonyl (C=O) groups excluding carboxylic acids is 1. The van der Waals surface area contributed by atoms with Crippen molar-refractivity contribution in [3.8, 4) is 0 Å². The largest absolute Gasteiger partial charge is 0.383 e. The molecule has 3 rings (SSSR count). The van der Waals surface area contributed by atoms with Gasteiger partial charge < -0.3 is 25.4 Å². The second-order valence-corrected chi connectivity index (χ2v) is 6.98. The molecule has 0 aliphatic rings. The van der Waals surface area contributed by atoms with Gasteiger partial charge in [0.2, 0.25) is 5.95 Å². The zero-order chi connectivity index (χ0) is 22.9. The lowest BCUT2D eigenvalue weighted by molar-refractivity contribution is 0.0950. The highest BCUT2D eigenvalue weighted by Gasteiger charge is 2.23. The monoisotopic (exact) mass is 442 g/mol. The highest BCUT2D eigenvalue weighted by Crippen LogP contribution is 2.27. The summed E-state index contributed by atoms with van der Waals surface area (Å²) < 4.78 is 12.3. The Bertz CT molecular complexity index is 1050. The van der Waals surface area contributed by atoms with Crippen LogP contribution in [0.5, 0.6) is 0 Å². The van der Waals surface area contributed by atoms with Gasteiger partial charge >= 0.3 is 0 Å². The van der Waals surface area contributed by atoms with E-state index < -0.39 is 0 Å². The van der Waals surface area contributed by atoms with Gasteiger partial charge in [0.15, 0.2) is 11.5 Å². The fraction of sp³-hybridized carbons (Fsp3) is 0.476. The van der Waals surface area contributed by atoms with Crippen molar-refractivity contribution in [2.45, 2.75) is 27.3 Å². The van der Waals surface area contributed by atoms with E-state index >= 15 is 0 Å². The van der Waals surface area contributed by atoms with Crippen LogP contribution in [0.3, 0.4) is 0 Å². The van der Waals surface area contributed by atoms with E-state index in [1.807, 2.05) is 32.9 Å². The minimum Gasteiger partial charge on any atom is -0.383 e. The SMILES string of the molecule is CCNC(=O)c1nn(CCOCC)c2c(Nc3cc(C)ccn3)nc(NCCOC)nc12. The molecule has 3 heterocycles. The molecule has 11 nitrogen and oxygen atoms in total. The Morgan fingerprint density at radius 3 is 2.78 bits per heavy atom. The van der Waals surface area contributed by atoms with Gasteiger partial charge in [-0.2, -0.15) is 10.1 Å². The third-order valence-electron chi connectivity index (χ3n) is 4.54. The van der Waals surface area contributed by atoms with Gasteiger partial charge in [-0.15, -0.1) is 0 Å². The first kappa shape index (κ1) is 23.4.